The first-order chi connectivity index (χ1) is 30.8. The van der Waals surface area contributed by atoms with Crippen molar-refractivity contribution in [3.05, 3.63) is 119 Å². The molecular formula is C47H50N8O8S. The number of rotatable bonds is 16. The Morgan fingerprint density at radius 2 is 1.56 bits per heavy atom. The Morgan fingerprint density at radius 3 is 2.31 bits per heavy atom. The normalized spacial score (nSPS) is 17.4. The third kappa shape index (κ3) is 9.76. The van der Waals surface area contributed by atoms with Gasteiger partial charge in [0, 0.05) is 67.5 Å². The van der Waals surface area contributed by atoms with Crippen LogP contribution in [0.2, 0.25) is 0 Å². The molecule has 0 aliphatic carbocycles. The number of benzene rings is 4. The molecule has 64 heavy (non-hydrogen) atoms. The van der Waals surface area contributed by atoms with Gasteiger partial charge in [-0.15, -0.1) is 0 Å². The maximum Gasteiger partial charge on any atom is 0.264 e. The smallest absolute Gasteiger partial charge is 0.264 e. The fourth-order valence-electron chi connectivity index (χ4n) is 8.53. The average molecular weight is 887 g/mol. The summed E-state index contributed by atoms with van der Waals surface area (Å²) < 4.78 is 29.6. The molecule has 2 fully saturated rings. The monoisotopic (exact) mass is 886 g/mol. The van der Waals surface area contributed by atoms with E-state index in [9.17, 15) is 37.2 Å². The van der Waals surface area contributed by atoms with Gasteiger partial charge in [-0.25, -0.2) is 8.42 Å². The Kier molecular flexibility index (Phi) is 13.0. The molecule has 2 saturated heterocycles. The number of carbonyl (C=O) groups is 6. The van der Waals surface area contributed by atoms with E-state index in [1.807, 2.05) is 55.5 Å². The van der Waals surface area contributed by atoms with Crippen LogP contribution in [0.1, 0.15) is 70.4 Å². The first-order valence-electron chi connectivity index (χ1n) is 21.5. The number of hydrogen-bond acceptors (Lipinski definition) is 10. The summed E-state index contributed by atoms with van der Waals surface area (Å²) in [6.07, 6.45) is 4.61. The van der Waals surface area contributed by atoms with Crippen molar-refractivity contribution < 1.29 is 37.2 Å². The Balaban J connectivity index is 0.784. The van der Waals surface area contributed by atoms with Gasteiger partial charge in [0.05, 0.1) is 21.7 Å². The summed E-state index contributed by atoms with van der Waals surface area (Å²) in [6.45, 7) is 6.10. The predicted molar refractivity (Wildman–Crippen MR) is 241 cm³/mol. The second kappa shape index (κ2) is 19.0. The summed E-state index contributed by atoms with van der Waals surface area (Å²) in [5.74, 6) is -3.19. The van der Waals surface area contributed by atoms with Crippen LogP contribution in [-0.4, -0.2) is 103 Å². The van der Waals surface area contributed by atoms with E-state index in [1.54, 1.807) is 30.5 Å². The Bertz CT molecular complexity index is 2710. The summed E-state index contributed by atoms with van der Waals surface area (Å²) in [7, 11) is -4.01. The third-order valence-corrected chi connectivity index (χ3v) is 13.5. The van der Waals surface area contributed by atoms with Gasteiger partial charge >= 0.3 is 0 Å². The van der Waals surface area contributed by atoms with Gasteiger partial charge in [0.15, 0.2) is 0 Å². The zero-order valence-corrected chi connectivity index (χ0v) is 36.2. The molecule has 6 amide bonds. The van der Waals surface area contributed by atoms with Gasteiger partial charge in [-0.1, -0.05) is 48.4 Å². The van der Waals surface area contributed by atoms with Crippen LogP contribution in [0.15, 0.2) is 102 Å². The minimum atomic E-state index is -4.01. The maximum atomic E-state index is 13.8. The number of para-hydroxylation sites is 1. The summed E-state index contributed by atoms with van der Waals surface area (Å²) in [5, 5.41) is 8.81. The lowest BCUT2D eigenvalue weighted by Gasteiger charge is -2.36. The van der Waals surface area contributed by atoms with Crippen LogP contribution in [0.5, 0.6) is 0 Å². The van der Waals surface area contributed by atoms with Crippen molar-refractivity contribution in [2.75, 3.05) is 48.3 Å². The number of aryl methyl sites for hydroxylation is 1. The molecule has 4 heterocycles. The number of aromatic amines is 1. The molecule has 1 unspecified atom stereocenters. The van der Waals surface area contributed by atoms with E-state index in [2.05, 4.69) is 35.5 Å². The number of hydrogen-bond donors (Lipinski definition) is 5. The van der Waals surface area contributed by atoms with E-state index in [1.165, 1.54) is 18.2 Å². The SMILES string of the molecule is Cc1ccc(S(=O)(=O)N[C@@H](Cc2c[nH]c3ccccc23)C(=O)Nc2ccc(N3CCN(CCCCCC(=O)Nc4cccc5c4C(=O)N(C4CCC(=O)NC4=O)C5=O)CC3)cc2)cc1. The molecule has 0 radical (unpaired) electrons. The molecule has 332 valence electrons. The van der Waals surface area contributed by atoms with Gasteiger partial charge in [-0.2, -0.15) is 4.72 Å². The van der Waals surface area contributed by atoms with E-state index < -0.39 is 51.6 Å². The number of amides is 6. The molecule has 16 nitrogen and oxygen atoms in total. The van der Waals surface area contributed by atoms with Crippen molar-refractivity contribution in [3.8, 4) is 0 Å². The van der Waals surface area contributed by atoms with Gasteiger partial charge in [-0.05, 0) is 99.3 Å². The lowest BCUT2D eigenvalue weighted by atomic mass is 10.0. The Morgan fingerprint density at radius 1 is 0.812 bits per heavy atom. The van der Waals surface area contributed by atoms with Crippen molar-refractivity contribution in [3.63, 3.8) is 0 Å². The number of unbranched alkanes of at least 4 members (excludes halogenated alkanes) is 2. The van der Waals surface area contributed by atoms with Crippen LogP contribution in [0.3, 0.4) is 0 Å². The highest BCUT2D eigenvalue weighted by Crippen LogP contribution is 2.33. The fraction of sp³-hybridized carbons (Fsp3) is 0.319. The zero-order valence-electron chi connectivity index (χ0n) is 35.4. The van der Waals surface area contributed by atoms with Crippen molar-refractivity contribution in [1.29, 1.82) is 0 Å². The number of nitrogens with zero attached hydrogens (tertiary/aromatic N) is 3. The van der Waals surface area contributed by atoms with E-state index in [4.69, 9.17) is 0 Å². The van der Waals surface area contributed by atoms with E-state index in [-0.39, 0.29) is 53.3 Å². The third-order valence-electron chi connectivity index (χ3n) is 12.0. The molecule has 3 aliphatic rings. The lowest BCUT2D eigenvalue weighted by molar-refractivity contribution is -0.136. The molecular weight excluding hydrogens is 837 g/mol. The highest BCUT2D eigenvalue weighted by molar-refractivity contribution is 7.89. The molecule has 5 aromatic rings. The quantitative estimate of drug-likeness (QED) is 0.0680. The minimum Gasteiger partial charge on any atom is -0.369 e. The van der Waals surface area contributed by atoms with Gasteiger partial charge in [0.25, 0.3) is 11.8 Å². The summed E-state index contributed by atoms with van der Waals surface area (Å²) in [5.41, 5.74) is 4.58. The number of sulfonamides is 1. The first kappa shape index (κ1) is 43.9. The topological polar surface area (TPSA) is 210 Å². The van der Waals surface area contributed by atoms with Gasteiger partial charge in [-0.3, -0.25) is 43.9 Å². The first-order valence-corrected chi connectivity index (χ1v) is 23.0. The largest absolute Gasteiger partial charge is 0.369 e. The number of aromatic nitrogens is 1. The van der Waals surface area contributed by atoms with Crippen LogP contribution in [0.25, 0.3) is 10.9 Å². The second-order valence-corrected chi connectivity index (χ2v) is 18.2. The Hall–Kier alpha value is -6.69. The summed E-state index contributed by atoms with van der Waals surface area (Å²) in [4.78, 5) is 86.1. The Labute approximate surface area is 370 Å². The molecule has 2 atom stereocenters. The number of H-pyrrole nitrogens is 1. The van der Waals surface area contributed by atoms with Gasteiger partial charge in [0.1, 0.15) is 12.1 Å². The number of nitrogens with one attached hydrogen (secondary N) is 5. The highest BCUT2D eigenvalue weighted by atomic mass is 32.2. The second-order valence-electron chi connectivity index (χ2n) is 16.4. The number of carbonyl (C=O) groups excluding carboxylic acids is 6. The standard InChI is InChI=1S/C47H50N8O8S/c1-30-13-19-34(20-14-30)64(62,63)52-39(28-31-29-48-37-10-5-4-8-35(31)37)44(58)49-32-15-17-33(18-16-32)54-26-24-53(25-27-54)23-6-2-3-12-41(56)50-38-11-7-9-36-43(38)47(61)55(46(36)60)40-21-22-42(57)51-45(40)59/h4-5,7-11,13-20,29,39-40,48,52H,2-3,6,12,21-28H2,1H3,(H,49,58)(H,50,56)(H,51,57,59)/t39-,40?/m0/s1. The van der Waals surface area contributed by atoms with E-state index in [0.717, 1.165) is 78.2 Å². The van der Waals surface area contributed by atoms with Gasteiger partial charge < -0.3 is 20.5 Å². The summed E-state index contributed by atoms with van der Waals surface area (Å²) in [6, 6.07) is 24.2. The van der Waals surface area contributed by atoms with Crippen LogP contribution < -0.4 is 25.6 Å². The molecule has 8 rings (SSSR count). The maximum absolute atomic E-state index is 13.8. The number of anilines is 3. The number of fused-ring (bicyclic) bond motifs is 2. The van der Waals surface area contributed by atoms with Gasteiger partial charge in [0.2, 0.25) is 33.7 Å². The molecule has 3 aliphatic heterocycles. The molecule has 17 heteroatoms. The van der Waals surface area contributed by atoms with E-state index >= 15 is 0 Å². The average Bonchev–Trinajstić information content (AvgIpc) is 3.81. The zero-order chi connectivity index (χ0) is 45.0. The molecule has 4 aromatic carbocycles. The number of imide groups is 2. The van der Waals surface area contributed by atoms with Crippen molar-refractivity contribution in [2.45, 2.75) is 68.8 Å². The molecule has 0 bridgehead atoms. The summed E-state index contributed by atoms with van der Waals surface area (Å²) >= 11 is 0. The van der Waals surface area contributed by atoms with Crippen molar-refractivity contribution in [2.24, 2.45) is 0 Å². The van der Waals surface area contributed by atoms with Crippen LogP contribution >= 0.6 is 0 Å². The molecule has 1 aromatic heterocycles. The van der Waals surface area contributed by atoms with Crippen molar-refractivity contribution >= 4 is 73.4 Å². The van der Waals surface area contributed by atoms with Crippen LogP contribution in [0.4, 0.5) is 17.1 Å². The van der Waals surface area contributed by atoms with Crippen molar-refractivity contribution in [1.82, 2.24) is 24.8 Å². The van der Waals surface area contributed by atoms with E-state index in [0.29, 0.717) is 12.1 Å². The molecule has 5 N–H and O–H groups in total. The highest BCUT2D eigenvalue weighted by Gasteiger charge is 2.45. The number of piperazine rings is 1. The predicted octanol–water partition coefficient (Wildman–Crippen LogP) is 4.73. The fourth-order valence-corrected chi connectivity index (χ4v) is 9.72. The minimum absolute atomic E-state index is 0.0203. The van der Waals surface area contributed by atoms with Crippen LogP contribution in [0, 0.1) is 6.92 Å². The van der Waals surface area contributed by atoms with Crippen LogP contribution in [-0.2, 0) is 35.6 Å². The number of piperidine rings is 1. The lowest BCUT2D eigenvalue weighted by Crippen LogP contribution is -2.54. The molecule has 0 spiro atoms. The molecule has 0 saturated carbocycles.